The number of aryl methyl sites for hydroxylation is 1. The largest absolute Gasteiger partial charge is 0.322 e. The number of nitrogens with one attached hydrogen (secondary N) is 1. The van der Waals surface area contributed by atoms with Crippen LogP contribution in [0.2, 0.25) is 5.02 Å². The molecule has 1 aromatic heterocycles. The van der Waals surface area contributed by atoms with Crippen LogP contribution < -0.4 is 5.32 Å². The quantitative estimate of drug-likeness (QED) is 0.934. The highest BCUT2D eigenvalue weighted by molar-refractivity contribution is 6.30. The van der Waals surface area contributed by atoms with E-state index in [0.29, 0.717) is 16.3 Å². The Morgan fingerprint density at radius 2 is 2.16 bits per heavy atom. The summed E-state index contributed by atoms with van der Waals surface area (Å²) in [7, 11) is 1.84. The van der Waals surface area contributed by atoms with Gasteiger partial charge in [0.25, 0.3) is 5.91 Å². The van der Waals surface area contributed by atoms with Crippen molar-refractivity contribution in [1.82, 2.24) is 9.78 Å². The summed E-state index contributed by atoms with van der Waals surface area (Å²) in [6.45, 7) is 4.07. The van der Waals surface area contributed by atoms with Crippen LogP contribution in [0.1, 0.15) is 35.8 Å². The molecule has 0 saturated heterocycles. The lowest BCUT2D eigenvalue weighted by atomic mass is 10.1. The van der Waals surface area contributed by atoms with Gasteiger partial charge in [0, 0.05) is 17.8 Å². The van der Waals surface area contributed by atoms with Crippen molar-refractivity contribution in [1.29, 1.82) is 0 Å². The standard InChI is InChI=1S/C14H16ClN3O/c1-9(2)13-12(8-16-18(13)3)14(19)17-11-6-4-5-10(15)7-11/h4-9H,1-3H3,(H,17,19). The molecule has 0 unspecified atom stereocenters. The number of benzene rings is 1. The molecule has 1 aromatic carbocycles. The second-order valence-electron chi connectivity index (χ2n) is 4.69. The number of hydrogen-bond acceptors (Lipinski definition) is 2. The molecular weight excluding hydrogens is 262 g/mol. The minimum absolute atomic E-state index is 0.168. The van der Waals surface area contributed by atoms with Gasteiger partial charge in [-0.3, -0.25) is 9.48 Å². The van der Waals surface area contributed by atoms with E-state index in [4.69, 9.17) is 11.6 Å². The van der Waals surface area contributed by atoms with Gasteiger partial charge in [-0.25, -0.2) is 0 Å². The number of hydrogen-bond donors (Lipinski definition) is 1. The third-order valence-corrected chi connectivity index (χ3v) is 3.09. The van der Waals surface area contributed by atoms with E-state index in [-0.39, 0.29) is 11.8 Å². The van der Waals surface area contributed by atoms with Gasteiger partial charge in [0.2, 0.25) is 0 Å². The molecule has 0 spiro atoms. The molecule has 0 aliphatic rings. The minimum atomic E-state index is -0.168. The molecule has 0 saturated carbocycles. The van der Waals surface area contributed by atoms with Crippen molar-refractivity contribution in [3.63, 3.8) is 0 Å². The van der Waals surface area contributed by atoms with Gasteiger partial charge in [-0.15, -0.1) is 0 Å². The summed E-state index contributed by atoms with van der Waals surface area (Å²) < 4.78 is 1.73. The van der Waals surface area contributed by atoms with Crippen LogP contribution in [0.3, 0.4) is 0 Å². The molecule has 0 atom stereocenters. The molecule has 2 rings (SSSR count). The number of carbonyl (C=O) groups is 1. The van der Waals surface area contributed by atoms with Gasteiger partial charge in [0.05, 0.1) is 17.5 Å². The molecule has 5 heteroatoms. The Morgan fingerprint density at radius 3 is 2.79 bits per heavy atom. The van der Waals surface area contributed by atoms with Crippen molar-refractivity contribution in [2.45, 2.75) is 19.8 Å². The molecule has 1 heterocycles. The van der Waals surface area contributed by atoms with Crippen molar-refractivity contribution in [2.24, 2.45) is 7.05 Å². The smallest absolute Gasteiger partial charge is 0.259 e. The van der Waals surface area contributed by atoms with Crippen molar-refractivity contribution in [3.05, 3.63) is 46.7 Å². The average molecular weight is 278 g/mol. The first-order chi connectivity index (χ1) is 8.99. The number of halogens is 1. The molecule has 0 fully saturated rings. The van der Waals surface area contributed by atoms with Gasteiger partial charge in [-0.05, 0) is 24.1 Å². The highest BCUT2D eigenvalue weighted by Crippen LogP contribution is 2.21. The minimum Gasteiger partial charge on any atom is -0.322 e. The molecule has 1 N–H and O–H groups in total. The van der Waals surface area contributed by atoms with E-state index in [0.717, 1.165) is 5.69 Å². The zero-order valence-electron chi connectivity index (χ0n) is 11.1. The van der Waals surface area contributed by atoms with Gasteiger partial charge >= 0.3 is 0 Å². The first kappa shape index (κ1) is 13.6. The molecule has 100 valence electrons. The van der Waals surface area contributed by atoms with Gasteiger partial charge in [0.15, 0.2) is 0 Å². The molecule has 0 aliphatic carbocycles. The topological polar surface area (TPSA) is 46.9 Å². The van der Waals surface area contributed by atoms with E-state index in [2.05, 4.69) is 10.4 Å². The van der Waals surface area contributed by atoms with E-state index in [9.17, 15) is 4.79 Å². The van der Waals surface area contributed by atoms with Gasteiger partial charge in [-0.2, -0.15) is 5.10 Å². The lowest BCUT2D eigenvalue weighted by molar-refractivity contribution is 0.102. The third kappa shape index (κ3) is 2.96. The fraction of sp³-hybridized carbons (Fsp3) is 0.286. The van der Waals surface area contributed by atoms with Crippen LogP contribution in [0.25, 0.3) is 0 Å². The molecule has 0 aliphatic heterocycles. The van der Waals surface area contributed by atoms with E-state index >= 15 is 0 Å². The normalized spacial score (nSPS) is 10.8. The Hall–Kier alpha value is -1.81. The van der Waals surface area contributed by atoms with Crippen LogP contribution in [-0.4, -0.2) is 15.7 Å². The lowest BCUT2D eigenvalue weighted by Gasteiger charge is -2.10. The summed E-state index contributed by atoms with van der Waals surface area (Å²) in [6, 6.07) is 7.07. The molecule has 19 heavy (non-hydrogen) atoms. The summed E-state index contributed by atoms with van der Waals surface area (Å²) in [5.74, 6) is 0.0617. The van der Waals surface area contributed by atoms with E-state index in [1.54, 1.807) is 35.1 Å². The summed E-state index contributed by atoms with van der Waals surface area (Å²) >= 11 is 5.89. The predicted octanol–water partition coefficient (Wildman–Crippen LogP) is 3.45. The Kier molecular flexibility index (Phi) is 3.90. The Labute approximate surface area is 117 Å². The number of rotatable bonds is 3. The van der Waals surface area contributed by atoms with Crippen molar-refractivity contribution >= 4 is 23.2 Å². The van der Waals surface area contributed by atoms with Crippen LogP contribution in [0.5, 0.6) is 0 Å². The predicted molar refractivity (Wildman–Crippen MR) is 76.7 cm³/mol. The Balaban J connectivity index is 2.26. The summed E-state index contributed by atoms with van der Waals surface area (Å²) in [6.07, 6.45) is 1.59. The van der Waals surface area contributed by atoms with Crippen LogP contribution in [0.15, 0.2) is 30.5 Å². The second kappa shape index (κ2) is 5.45. The number of anilines is 1. The van der Waals surface area contributed by atoms with Crippen LogP contribution in [-0.2, 0) is 7.05 Å². The fourth-order valence-electron chi connectivity index (χ4n) is 2.07. The maximum absolute atomic E-state index is 12.3. The molecule has 4 nitrogen and oxygen atoms in total. The summed E-state index contributed by atoms with van der Waals surface area (Å²) in [5.41, 5.74) is 2.19. The maximum atomic E-state index is 12.3. The highest BCUT2D eigenvalue weighted by atomic mass is 35.5. The number of nitrogens with zero attached hydrogens (tertiary/aromatic N) is 2. The average Bonchev–Trinajstić information content (AvgIpc) is 2.71. The maximum Gasteiger partial charge on any atom is 0.259 e. The Bertz CT molecular complexity index is 604. The van der Waals surface area contributed by atoms with E-state index in [1.807, 2.05) is 20.9 Å². The first-order valence-corrected chi connectivity index (χ1v) is 6.45. The van der Waals surface area contributed by atoms with Crippen molar-refractivity contribution in [2.75, 3.05) is 5.32 Å². The molecule has 0 bridgehead atoms. The summed E-state index contributed by atoms with van der Waals surface area (Å²) in [4.78, 5) is 12.3. The number of aromatic nitrogens is 2. The highest BCUT2D eigenvalue weighted by Gasteiger charge is 2.18. The van der Waals surface area contributed by atoms with Crippen molar-refractivity contribution in [3.8, 4) is 0 Å². The second-order valence-corrected chi connectivity index (χ2v) is 5.12. The third-order valence-electron chi connectivity index (χ3n) is 2.86. The lowest BCUT2D eigenvalue weighted by Crippen LogP contribution is -2.15. The summed E-state index contributed by atoms with van der Waals surface area (Å²) in [5, 5.41) is 7.57. The molecule has 0 radical (unpaired) electrons. The number of amides is 1. The Morgan fingerprint density at radius 1 is 1.42 bits per heavy atom. The van der Waals surface area contributed by atoms with Crippen molar-refractivity contribution < 1.29 is 4.79 Å². The molecule has 1 amide bonds. The molecular formula is C14H16ClN3O. The first-order valence-electron chi connectivity index (χ1n) is 6.08. The zero-order valence-corrected chi connectivity index (χ0v) is 11.9. The van der Waals surface area contributed by atoms with E-state index in [1.165, 1.54) is 0 Å². The SMILES string of the molecule is CC(C)c1c(C(=O)Nc2cccc(Cl)c2)cnn1C. The van der Waals surface area contributed by atoms with E-state index < -0.39 is 0 Å². The fourth-order valence-corrected chi connectivity index (χ4v) is 2.26. The van der Waals surface area contributed by atoms with Gasteiger partial charge in [0.1, 0.15) is 0 Å². The monoisotopic (exact) mass is 277 g/mol. The molecule has 2 aromatic rings. The number of carbonyl (C=O) groups excluding carboxylic acids is 1. The van der Waals surface area contributed by atoms with Gasteiger partial charge < -0.3 is 5.32 Å². The van der Waals surface area contributed by atoms with Gasteiger partial charge in [-0.1, -0.05) is 31.5 Å². The van der Waals surface area contributed by atoms with Crippen LogP contribution in [0.4, 0.5) is 5.69 Å². The zero-order chi connectivity index (χ0) is 14.0. The van der Waals surface area contributed by atoms with Crippen LogP contribution >= 0.6 is 11.6 Å². The van der Waals surface area contributed by atoms with Crippen LogP contribution in [0, 0.1) is 0 Å².